The van der Waals surface area contributed by atoms with Crippen molar-refractivity contribution < 1.29 is 4.74 Å². The predicted molar refractivity (Wildman–Crippen MR) is 66.1 cm³/mol. The van der Waals surface area contributed by atoms with Crippen molar-refractivity contribution in [2.45, 2.75) is 19.4 Å². The quantitative estimate of drug-likeness (QED) is 0.784. The molecule has 2 aromatic heterocycles. The van der Waals surface area contributed by atoms with Gasteiger partial charge in [0, 0.05) is 18.9 Å². The van der Waals surface area contributed by atoms with E-state index < -0.39 is 0 Å². The molecule has 2 rings (SSSR count). The van der Waals surface area contributed by atoms with Gasteiger partial charge >= 0.3 is 0 Å². The van der Waals surface area contributed by atoms with Crippen LogP contribution < -0.4 is 4.74 Å². The first-order valence-electron chi connectivity index (χ1n) is 5.33. The first kappa shape index (κ1) is 11.9. The summed E-state index contributed by atoms with van der Waals surface area (Å²) in [6.45, 7) is 2.36. The molecule has 0 aromatic carbocycles. The molecule has 0 atom stereocenters. The summed E-state index contributed by atoms with van der Waals surface area (Å²) in [5.41, 5.74) is 2.59. The van der Waals surface area contributed by atoms with Crippen LogP contribution in [0.2, 0.25) is 0 Å². The van der Waals surface area contributed by atoms with Crippen LogP contribution in [0, 0.1) is 6.92 Å². The number of alkyl halides is 1. The Hall–Kier alpha value is -1.55. The van der Waals surface area contributed by atoms with E-state index in [1.165, 1.54) is 0 Å². The molecule has 0 radical (unpaired) electrons. The standard InChI is InChI=1S/C12H14ClN3O/c1-9-3-4-12(11(7-13)14-9)17-8-10-5-6-16(2)15-10/h3-6H,7-8H2,1-2H3. The van der Waals surface area contributed by atoms with Crippen LogP contribution in [0.25, 0.3) is 0 Å². The van der Waals surface area contributed by atoms with Crippen molar-refractivity contribution >= 4 is 11.6 Å². The Morgan fingerprint density at radius 1 is 1.35 bits per heavy atom. The lowest BCUT2D eigenvalue weighted by Gasteiger charge is -2.08. The van der Waals surface area contributed by atoms with Crippen LogP contribution in [-0.2, 0) is 19.5 Å². The summed E-state index contributed by atoms with van der Waals surface area (Å²) in [7, 11) is 1.88. The zero-order valence-electron chi connectivity index (χ0n) is 9.85. The molecule has 17 heavy (non-hydrogen) atoms. The average Bonchev–Trinajstić information content (AvgIpc) is 2.73. The average molecular weight is 252 g/mol. The lowest BCUT2D eigenvalue weighted by molar-refractivity contribution is 0.296. The van der Waals surface area contributed by atoms with Crippen LogP contribution in [0.15, 0.2) is 24.4 Å². The van der Waals surface area contributed by atoms with Crippen molar-refractivity contribution in [2.75, 3.05) is 0 Å². The van der Waals surface area contributed by atoms with Crippen LogP contribution >= 0.6 is 11.6 Å². The van der Waals surface area contributed by atoms with Crippen LogP contribution in [0.1, 0.15) is 17.1 Å². The SMILES string of the molecule is Cc1ccc(OCc2ccn(C)n2)c(CCl)n1. The molecule has 90 valence electrons. The molecule has 0 bridgehead atoms. The van der Waals surface area contributed by atoms with Gasteiger partial charge in [-0.15, -0.1) is 11.6 Å². The maximum Gasteiger partial charge on any atom is 0.142 e. The number of rotatable bonds is 4. The molecule has 0 aliphatic rings. The maximum absolute atomic E-state index is 5.83. The number of ether oxygens (including phenoxy) is 1. The molecule has 0 saturated carbocycles. The summed E-state index contributed by atoms with van der Waals surface area (Å²) >= 11 is 5.83. The van der Waals surface area contributed by atoms with Crippen LogP contribution in [0.3, 0.4) is 0 Å². The van der Waals surface area contributed by atoms with E-state index in [4.69, 9.17) is 16.3 Å². The molecule has 0 aliphatic heterocycles. The molecule has 0 saturated heterocycles. The van der Waals surface area contributed by atoms with Crippen molar-refractivity contribution in [2.24, 2.45) is 7.05 Å². The fraction of sp³-hybridized carbons (Fsp3) is 0.333. The fourth-order valence-corrected chi connectivity index (χ4v) is 1.71. The molecular formula is C12H14ClN3O. The lowest BCUT2D eigenvalue weighted by Crippen LogP contribution is -2.01. The third kappa shape index (κ3) is 2.97. The van der Waals surface area contributed by atoms with Gasteiger partial charge in [-0.05, 0) is 25.1 Å². The monoisotopic (exact) mass is 251 g/mol. The molecular weight excluding hydrogens is 238 g/mol. The number of aryl methyl sites for hydroxylation is 2. The Labute approximate surface area is 105 Å². The Kier molecular flexibility index (Phi) is 3.64. The molecule has 4 nitrogen and oxygen atoms in total. The highest BCUT2D eigenvalue weighted by Gasteiger charge is 2.06. The van der Waals surface area contributed by atoms with Gasteiger partial charge in [-0.2, -0.15) is 5.10 Å². The van der Waals surface area contributed by atoms with Crippen LogP contribution in [-0.4, -0.2) is 14.8 Å². The second kappa shape index (κ2) is 5.19. The van der Waals surface area contributed by atoms with Gasteiger partial charge < -0.3 is 4.74 Å². The van der Waals surface area contributed by atoms with Gasteiger partial charge in [0.05, 0.1) is 17.3 Å². The minimum Gasteiger partial charge on any atom is -0.485 e. The molecule has 5 heteroatoms. The summed E-state index contributed by atoms with van der Waals surface area (Å²) in [6.07, 6.45) is 1.88. The van der Waals surface area contributed by atoms with Gasteiger partial charge in [0.15, 0.2) is 0 Å². The van der Waals surface area contributed by atoms with Crippen LogP contribution in [0.4, 0.5) is 0 Å². The number of halogens is 1. The summed E-state index contributed by atoms with van der Waals surface area (Å²) in [4.78, 5) is 4.33. The van der Waals surface area contributed by atoms with E-state index in [-0.39, 0.29) is 0 Å². The van der Waals surface area contributed by atoms with Gasteiger partial charge in [-0.1, -0.05) is 0 Å². The van der Waals surface area contributed by atoms with Gasteiger partial charge in [-0.3, -0.25) is 9.67 Å². The molecule has 0 spiro atoms. The normalized spacial score (nSPS) is 10.5. The second-order valence-electron chi connectivity index (χ2n) is 3.80. The van der Waals surface area contributed by atoms with E-state index in [9.17, 15) is 0 Å². The maximum atomic E-state index is 5.83. The van der Waals surface area contributed by atoms with Gasteiger partial charge in [-0.25, -0.2) is 0 Å². The Bertz CT molecular complexity index is 510. The smallest absolute Gasteiger partial charge is 0.142 e. The largest absolute Gasteiger partial charge is 0.485 e. The fourth-order valence-electron chi connectivity index (χ4n) is 1.52. The number of hydrogen-bond acceptors (Lipinski definition) is 3. The molecule has 0 unspecified atom stereocenters. The van der Waals surface area contributed by atoms with E-state index in [1.54, 1.807) is 4.68 Å². The first-order valence-corrected chi connectivity index (χ1v) is 5.86. The summed E-state index contributed by atoms with van der Waals surface area (Å²) in [6, 6.07) is 5.72. The van der Waals surface area contributed by atoms with Gasteiger partial charge in [0.25, 0.3) is 0 Å². The molecule has 0 amide bonds. The number of pyridine rings is 1. The number of aromatic nitrogens is 3. The molecule has 2 aromatic rings. The minimum absolute atomic E-state index is 0.346. The number of nitrogens with zero attached hydrogens (tertiary/aromatic N) is 3. The Morgan fingerprint density at radius 2 is 2.18 bits per heavy atom. The minimum atomic E-state index is 0.346. The molecule has 2 heterocycles. The molecule has 0 N–H and O–H groups in total. The highest BCUT2D eigenvalue weighted by atomic mass is 35.5. The zero-order valence-corrected chi connectivity index (χ0v) is 10.6. The van der Waals surface area contributed by atoms with E-state index in [0.29, 0.717) is 12.5 Å². The van der Waals surface area contributed by atoms with Crippen LogP contribution in [0.5, 0.6) is 5.75 Å². The second-order valence-corrected chi connectivity index (χ2v) is 4.07. The molecule has 0 fully saturated rings. The predicted octanol–water partition coefficient (Wildman–Crippen LogP) is 2.44. The Morgan fingerprint density at radius 3 is 2.82 bits per heavy atom. The van der Waals surface area contributed by atoms with E-state index in [1.807, 2.05) is 38.4 Å². The van der Waals surface area contributed by atoms with Crippen molar-refractivity contribution in [3.63, 3.8) is 0 Å². The van der Waals surface area contributed by atoms with E-state index in [2.05, 4.69) is 10.1 Å². The van der Waals surface area contributed by atoms with Crippen molar-refractivity contribution in [3.8, 4) is 5.75 Å². The zero-order chi connectivity index (χ0) is 12.3. The molecule has 0 aliphatic carbocycles. The summed E-state index contributed by atoms with van der Waals surface area (Å²) in [5, 5.41) is 4.24. The van der Waals surface area contributed by atoms with Crippen molar-refractivity contribution in [3.05, 3.63) is 41.5 Å². The Balaban J connectivity index is 2.08. The third-order valence-corrected chi connectivity index (χ3v) is 2.60. The topological polar surface area (TPSA) is 39.9 Å². The summed E-state index contributed by atoms with van der Waals surface area (Å²) < 4.78 is 7.40. The van der Waals surface area contributed by atoms with Gasteiger partial charge in [0.2, 0.25) is 0 Å². The lowest BCUT2D eigenvalue weighted by atomic mass is 10.3. The number of hydrogen-bond donors (Lipinski definition) is 0. The highest BCUT2D eigenvalue weighted by Crippen LogP contribution is 2.19. The van der Waals surface area contributed by atoms with Gasteiger partial charge in [0.1, 0.15) is 12.4 Å². The van der Waals surface area contributed by atoms with E-state index >= 15 is 0 Å². The van der Waals surface area contributed by atoms with Crippen molar-refractivity contribution in [1.82, 2.24) is 14.8 Å². The van der Waals surface area contributed by atoms with Crippen molar-refractivity contribution in [1.29, 1.82) is 0 Å². The third-order valence-electron chi connectivity index (χ3n) is 2.34. The van der Waals surface area contributed by atoms with E-state index in [0.717, 1.165) is 22.8 Å². The first-order chi connectivity index (χ1) is 8.19. The highest BCUT2D eigenvalue weighted by molar-refractivity contribution is 6.17. The summed E-state index contributed by atoms with van der Waals surface area (Å²) in [5.74, 6) is 1.07.